The molecule has 43 heavy (non-hydrogen) atoms. The number of para-hydroxylation sites is 1. The van der Waals surface area contributed by atoms with E-state index in [0.29, 0.717) is 30.7 Å². The van der Waals surface area contributed by atoms with E-state index >= 15 is 0 Å². The van der Waals surface area contributed by atoms with Gasteiger partial charge in [0.2, 0.25) is 0 Å². The molecule has 1 atom stereocenters. The number of aromatic nitrogens is 1. The lowest BCUT2D eigenvalue weighted by molar-refractivity contribution is -0.168. The third-order valence-corrected chi connectivity index (χ3v) is 12.3. The van der Waals surface area contributed by atoms with Gasteiger partial charge in [0.05, 0.1) is 24.4 Å². The van der Waals surface area contributed by atoms with E-state index in [1.54, 1.807) is 19.1 Å². The van der Waals surface area contributed by atoms with Crippen molar-refractivity contribution in [2.45, 2.75) is 97.2 Å². The van der Waals surface area contributed by atoms with Crippen LogP contribution in [0.25, 0.3) is 17.0 Å². The van der Waals surface area contributed by atoms with Crippen LogP contribution in [0.5, 0.6) is 0 Å². The van der Waals surface area contributed by atoms with Gasteiger partial charge in [0, 0.05) is 12.0 Å². The maximum absolute atomic E-state index is 13.7. The number of carbonyl (C=O) groups excluding carboxylic acids is 2. The molecule has 0 saturated carbocycles. The van der Waals surface area contributed by atoms with Crippen molar-refractivity contribution in [2.75, 3.05) is 13.2 Å². The van der Waals surface area contributed by atoms with Gasteiger partial charge in [0.25, 0.3) is 0 Å². The second-order valence-corrected chi connectivity index (χ2v) is 18.2. The van der Waals surface area contributed by atoms with Gasteiger partial charge in [-0.05, 0) is 88.5 Å². The van der Waals surface area contributed by atoms with Crippen molar-refractivity contribution >= 4 is 37.4 Å². The Morgan fingerprint density at radius 1 is 0.930 bits per heavy atom. The van der Waals surface area contributed by atoms with Crippen LogP contribution in [0.1, 0.15) is 72.6 Å². The Morgan fingerprint density at radius 3 is 2.21 bits per heavy atom. The first-order chi connectivity index (χ1) is 20.1. The zero-order valence-corrected chi connectivity index (χ0v) is 28.4. The molecule has 3 rings (SSSR count). The van der Waals surface area contributed by atoms with Crippen molar-refractivity contribution in [3.05, 3.63) is 78.0 Å². The van der Waals surface area contributed by atoms with E-state index in [-0.39, 0.29) is 18.3 Å². The lowest BCUT2D eigenvalue weighted by atomic mass is 9.96. The standard InChI is InChI=1S/C35H49NO6Si/c1-10-39-31(37)35(40-26-27-17-12-11-13-18-27,22-16-24-41-43(8,9)34(5,6)7)23-21-29-25-28-19-14-15-20-30(28)36(29)32(38)42-33(2,3)4/h11-15,17-21,23,25H,10,16,22,24,26H2,1-9H3/b23-21-/t35-/m0/s1. The van der Waals surface area contributed by atoms with Gasteiger partial charge in [0.1, 0.15) is 5.60 Å². The minimum absolute atomic E-state index is 0.0734. The van der Waals surface area contributed by atoms with Crippen LogP contribution < -0.4 is 0 Å². The zero-order chi connectivity index (χ0) is 31.9. The number of nitrogens with zero attached hydrogens (tertiary/aromatic N) is 1. The lowest BCUT2D eigenvalue weighted by Gasteiger charge is -2.36. The first-order valence-electron chi connectivity index (χ1n) is 15.1. The Labute approximate surface area is 258 Å². The first-order valence-corrected chi connectivity index (χ1v) is 18.0. The maximum atomic E-state index is 13.7. The summed E-state index contributed by atoms with van der Waals surface area (Å²) in [6.45, 7) is 19.3. The van der Waals surface area contributed by atoms with Crippen LogP contribution in [0.3, 0.4) is 0 Å². The highest BCUT2D eigenvalue weighted by Gasteiger charge is 2.40. The molecule has 0 fully saturated rings. The highest BCUT2D eigenvalue weighted by molar-refractivity contribution is 6.74. The molecular weight excluding hydrogens is 558 g/mol. The molecule has 0 N–H and O–H groups in total. The summed E-state index contributed by atoms with van der Waals surface area (Å²) in [6, 6.07) is 19.3. The van der Waals surface area contributed by atoms with Crippen molar-refractivity contribution in [2.24, 2.45) is 0 Å². The predicted octanol–water partition coefficient (Wildman–Crippen LogP) is 8.76. The fraction of sp³-hybridized carbons (Fsp3) is 0.486. The summed E-state index contributed by atoms with van der Waals surface area (Å²) in [5, 5.41) is 0.951. The second kappa shape index (κ2) is 14.1. The summed E-state index contributed by atoms with van der Waals surface area (Å²) >= 11 is 0. The van der Waals surface area contributed by atoms with Gasteiger partial charge >= 0.3 is 12.1 Å². The van der Waals surface area contributed by atoms with Crippen molar-refractivity contribution in [1.82, 2.24) is 4.57 Å². The molecule has 0 radical (unpaired) electrons. The van der Waals surface area contributed by atoms with Crippen LogP contribution >= 0.6 is 0 Å². The minimum Gasteiger partial charge on any atom is -0.464 e. The Kier molecular flexibility index (Phi) is 11.2. The Morgan fingerprint density at radius 2 is 1.58 bits per heavy atom. The second-order valence-electron chi connectivity index (χ2n) is 13.4. The van der Waals surface area contributed by atoms with Gasteiger partial charge in [-0.3, -0.25) is 0 Å². The molecule has 1 aromatic heterocycles. The SMILES string of the molecule is CCOC(=O)[C@@](/C=C\c1cc2ccccc2n1C(=O)OC(C)(C)C)(CCCO[Si](C)(C)C(C)(C)C)OCc1ccccc1. The van der Waals surface area contributed by atoms with Crippen molar-refractivity contribution < 1.29 is 28.2 Å². The molecule has 1 heterocycles. The van der Waals surface area contributed by atoms with Crippen LogP contribution in [0.2, 0.25) is 18.1 Å². The van der Waals surface area contributed by atoms with Crippen LogP contribution in [-0.2, 0) is 30.0 Å². The lowest BCUT2D eigenvalue weighted by Crippen LogP contribution is -2.43. The van der Waals surface area contributed by atoms with E-state index in [2.05, 4.69) is 33.9 Å². The van der Waals surface area contributed by atoms with E-state index in [0.717, 1.165) is 10.9 Å². The van der Waals surface area contributed by atoms with Crippen molar-refractivity contribution in [1.29, 1.82) is 0 Å². The van der Waals surface area contributed by atoms with E-state index in [1.165, 1.54) is 4.57 Å². The number of ether oxygens (including phenoxy) is 3. The number of rotatable bonds is 12. The normalized spacial score (nSPS) is 14.2. The largest absolute Gasteiger partial charge is 0.464 e. The molecule has 0 unspecified atom stereocenters. The molecule has 0 amide bonds. The molecule has 0 aliphatic heterocycles. The number of esters is 1. The van der Waals surface area contributed by atoms with Crippen LogP contribution in [-0.4, -0.2) is 49.4 Å². The topological polar surface area (TPSA) is 76.0 Å². The first kappa shape index (κ1) is 34.3. The Hall–Kier alpha value is -3.20. The summed E-state index contributed by atoms with van der Waals surface area (Å²) < 4.78 is 25.8. The third kappa shape index (κ3) is 9.14. The molecule has 2 aromatic carbocycles. The van der Waals surface area contributed by atoms with Gasteiger partial charge in [0.15, 0.2) is 13.9 Å². The van der Waals surface area contributed by atoms with Crippen molar-refractivity contribution in [3.63, 3.8) is 0 Å². The van der Waals surface area contributed by atoms with E-state index < -0.39 is 31.6 Å². The van der Waals surface area contributed by atoms with Gasteiger partial charge in [-0.15, -0.1) is 0 Å². The summed E-state index contributed by atoms with van der Waals surface area (Å²) in [6.07, 6.45) is 3.93. The number of carbonyl (C=O) groups is 2. The minimum atomic E-state index is -1.97. The molecule has 0 aliphatic rings. The van der Waals surface area contributed by atoms with E-state index in [4.69, 9.17) is 18.6 Å². The summed E-state index contributed by atoms with van der Waals surface area (Å²) in [7, 11) is -1.97. The van der Waals surface area contributed by atoms with Gasteiger partial charge in [-0.25, -0.2) is 14.2 Å². The third-order valence-electron chi connectivity index (χ3n) is 7.76. The maximum Gasteiger partial charge on any atom is 0.419 e. The highest BCUT2D eigenvalue weighted by atomic mass is 28.4. The Balaban J connectivity index is 2.03. The number of fused-ring (bicyclic) bond motifs is 1. The molecule has 8 heteroatoms. The smallest absolute Gasteiger partial charge is 0.419 e. The number of hydrogen-bond acceptors (Lipinski definition) is 6. The predicted molar refractivity (Wildman–Crippen MR) is 176 cm³/mol. The number of hydrogen-bond donors (Lipinski definition) is 0. The molecule has 3 aromatic rings. The fourth-order valence-electron chi connectivity index (χ4n) is 4.38. The molecular formula is C35H49NO6Si. The average Bonchev–Trinajstić information content (AvgIpc) is 3.30. The van der Waals surface area contributed by atoms with Gasteiger partial charge in [-0.1, -0.05) is 69.3 Å². The van der Waals surface area contributed by atoms with E-state index in [1.807, 2.05) is 81.4 Å². The molecule has 0 spiro atoms. The van der Waals surface area contributed by atoms with Crippen molar-refractivity contribution in [3.8, 4) is 0 Å². The quantitative estimate of drug-likeness (QED) is 0.116. The molecule has 234 valence electrons. The molecule has 0 aliphatic carbocycles. The average molecular weight is 608 g/mol. The van der Waals surface area contributed by atoms with Gasteiger partial charge in [-0.2, -0.15) is 0 Å². The summed E-state index contributed by atoms with van der Waals surface area (Å²) in [5.41, 5.74) is 0.139. The van der Waals surface area contributed by atoms with Gasteiger partial charge < -0.3 is 18.6 Å². The molecule has 7 nitrogen and oxygen atoms in total. The monoisotopic (exact) mass is 607 g/mol. The molecule has 0 saturated heterocycles. The van der Waals surface area contributed by atoms with Crippen LogP contribution in [0.4, 0.5) is 4.79 Å². The van der Waals surface area contributed by atoms with Crippen LogP contribution in [0.15, 0.2) is 66.7 Å². The number of benzene rings is 2. The highest BCUT2D eigenvalue weighted by Crippen LogP contribution is 2.37. The Bertz CT molecular complexity index is 1400. The zero-order valence-electron chi connectivity index (χ0n) is 27.4. The summed E-state index contributed by atoms with van der Waals surface area (Å²) in [4.78, 5) is 27.1. The molecule has 0 bridgehead atoms. The van der Waals surface area contributed by atoms with Crippen LogP contribution in [0, 0.1) is 0 Å². The fourth-order valence-corrected chi connectivity index (χ4v) is 5.47. The van der Waals surface area contributed by atoms with E-state index in [9.17, 15) is 9.59 Å². The summed E-state index contributed by atoms with van der Waals surface area (Å²) in [5.74, 6) is -0.477.